The lowest BCUT2D eigenvalue weighted by Gasteiger charge is -2.10. The van der Waals surface area contributed by atoms with Crippen LogP contribution in [0.4, 0.5) is 13.2 Å². The minimum absolute atomic E-state index is 0.269. The first-order valence-corrected chi connectivity index (χ1v) is 12.5. The van der Waals surface area contributed by atoms with Crippen molar-refractivity contribution >= 4 is 61.0 Å². The second kappa shape index (κ2) is 10.4. The Morgan fingerprint density at radius 3 is 2.57 bits per heavy atom. The van der Waals surface area contributed by atoms with E-state index in [9.17, 15) is 13.2 Å². The Bertz CT molecular complexity index is 1630. The molecule has 0 aliphatic heterocycles. The van der Waals surface area contributed by atoms with Gasteiger partial charge in [-0.2, -0.15) is 0 Å². The zero-order valence-corrected chi connectivity index (χ0v) is 21.6. The lowest BCUT2D eigenvalue weighted by Crippen LogP contribution is -2.17. The van der Waals surface area contributed by atoms with Crippen molar-refractivity contribution in [1.29, 1.82) is 0 Å². The van der Waals surface area contributed by atoms with E-state index in [0.717, 1.165) is 42.3 Å². The Kier molecular flexibility index (Phi) is 7.08. The van der Waals surface area contributed by atoms with Crippen molar-refractivity contribution in [3.8, 4) is 11.4 Å². The van der Waals surface area contributed by atoms with Crippen LogP contribution in [0.15, 0.2) is 94.7 Å². The van der Waals surface area contributed by atoms with Gasteiger partial charge in [-0.25, -0.2) is 4.98 Å². The SMILES string of the molecule is FC(F)(F)Oc1ccc(-n2cnc3c4ccc(C=NCC(=S)Cc5ccccc5Br)cc4ccc32)cc1. The number of hydrogen-bond acceptors (Lipinski definition) is 4. The number of halogens is 4. The summed E-state index contributed by atoms with van der Waals surface area (Å²) >= 11 is 9.06. The Morgan fingerprint density at radius 1 is 1.03 bits per heavy atom. The number of imidazole rings is 1. The third kappa shape index (κ3) is 5.89. The van der Waals surface area contributed by atoms with Gasteiger partial charge in [-0.3, -0.25) is 9.56 Å². The molecule has 0 atom stereocenters. The van der Waals surface area contributed by atoms with E-state index >= 15 is 0 Å². The van der Waals surface area contributed by atoms with Crippen LogP contribution in [0, 0.1) is 0 Å². The van der Waals surface area contributed by atoms with Crippen molar-refractivity contribution in [2.75, 3.05) is 6.54 Å². The number of hydrogen-bond donors (Lipinski definition) is 0. The fraction of sp³-hybridized carbons (Fsp3) is 0.107. The first-order valence-electron chi connectivity index (χ1n) is 11.3. The second-order valence-corrected chi connectivity index (χ2v) is 9.78. The van der Waals surface area contributed by atoms with Gasteiger partial charge < -0.3 is 4.74 Å². The third-order valence-corrected chi connectivity index (χ3v) is 6.80. The van der Waals surface area contributed by atoms with Crippen LogP contribution in [0.1, 0.15) is 11.1 Å². The molecule has 0 amide bonds. The van der Waals surface area contributed by atoms with Crippen LogP contribution >= 0.6 is 28.1 Å². The van der Waals surface area contributed by atoms with Gasteiger partial charge in [-0.05, 0) is 59.0 Å². The first kappa shape index (κ1) is 25.1. The summed E-state index contributed by atoms with van der Waals surface area (Å²) in [6.45, 7) is 0.463. The Hall–Kier alpha value is -3.56. The molecule has 0 N–H and O–H groups in total. The highest BCUT2D eigenvalue weighted by atomic mass is 79.9. The normalized spacial score (nSPS) is 12.0. The minimum Gasteiger partial charge on any atom is -0.406 e. The second-order valence-electron chi connectivity index (χ2n) is 8.35. The Labute approximate surface area is 224 Å². The molecule has 0 aliphatic rings. The molecule has 5 aromatic rings. The summed E-state index contributed by atoms with van der Waals surface area (Å²) in [5.74, 6) is -0.269. The summed E-state index contributed by atoms with van der Waals surface area (Å²) in [5, 5.41) is 1.97. The van der Waals surface area contributed by atoms with E-state index in [4.69, 9.17) is 12.2 Å². The number of ether oxygens (including phenoxy) is 1. The molecule has 186 valence electrons. The molecule has 0 unspecified atom stereocenters. The van der Waals surface area contributed by atoms with Gasteiger partial charge in [-0.1, -0.05) is 64.5 Å². The van der Waals surface area contributed by atoms with Gasteiger partial charge in [0.05, 0.1) is 17.6 Å². The molecule has 0 spiro atoms. The maximum absolute atomic E-state index is 12.4. The van der Waals surface area contributed by atoms with E-state index in [2.05, 4.69) is 30.6 Å². The number of rotatable bonds is 7. The molecule has 0 radical (unpaired) electrons. The lowest BCUT2D eigenvalue weighted by atomic mass is 10.1. The van der Waals surface area contributed by atoms with Gasteiger partial charge >= 0.3 is 6.36 Å². The van der Waals surface area contributed by atoms with Crippen LogP contribution in [-0.4, -0.2) is 33.5 Å². The molecular weight excluding hydrogens is 563 g/mol. The van der Waals surface area contributed by atoms with E-state index in [-0.39, 0.29) is 5.75 Å². The zero-order valence-electron chi connectivity index (χ0n) is 19.2. The summed E-state index contributed by atoms with van der Waals surface area (Å²) in [5.41, 5.74) is 4.42. The number of aliphatic imine (C=N–C) groups is 1. The largest absolute Gasteiger partial charge is 0.573 e. The molecule has 9 heteroatoms. The number of alkyl halides is 3. The van der Waals surface area contributed by atoms with Crippen LogP contribution in [0.5, 0.6) is 5.75 Å². The van der Waals surface area contributed by atoms with Crippen LogP contribution in [-0.2, 0) is 6.42 Å². The minimum atomic E-state index is -4.73. The predicted molar refractivity (Wildman–Crippen MR) is 148 cm³/mol. The summed E-state index contributed by atoms with van der Waals surface area (Å²) in [6, 6.07) is 23.6. The lowest BCUT2D eigenvalue weighted by molar-refractivity contribution is -0.274. The van der Waals surface area contributed by atoms with Gasteiger partial charge in [-0.15, -0.1) is 13.2 Å². The number of nitrogens with zero attached hydrogens (tertiary/aromatic N) is 3. The molecule has 1 heterocycles. The van der Waals surface area contributed by atoms with Crippen LogP contribution in [0.2, 0.25) is 0 Å². The summed E-state index contributed by atoms with van der Waals surface area (Å²) in [4.78, 5) is 9.95. The maximum Gasteiger partial charge on any atom is 0.573 e. The van der Waals surface area contributed by atoms with Gasteiger partial charge in [0.1, 0.15) is 12.1 Å². The van der Waals surface area contributed by atoms with E-state index in [1.165, 1.54) is 12.1 Å². The zero-order chi connectivity index (χ0) is 26.0. The molecule has 37 heavy (non-hydrogen) atoms. The smallest absolute Gasteiger partial charge is 0.406 e. The third-order valence-electron chi connectivity index (χ3n) is 5.76. The van der Waals surface area contributed by atoms with Crippen LogP contribution < -0.4 is 4.74 Å². The van der Waals surface area contributed by atoms with Crippen molar-refractivity contribution in [3.63, 3.8) is 0 Å². The molecule has 4 nitrogen and oxygen atoms in total. The van der Waals surface area contributed by atoms with E-state index in [1.807, 2.05) is 65.4 Å². The van der Waals surface area contributed by atoms with Gasteiger partial charge in [0.2, 0.25) is 0 Å². The van der Waals surface area contributed by atoms with Crippen molar-refractivity contribution in [2.45, 2.75) is 12.8 Å². The summed E-state index contributed by atoms with van der Waals surface area (Å²) in [7, 11) is 0. The number of aromatic nitrogens is 2. The standard InChI is InChI=1S/C28H19BrF3N3OS/c29-25-4-2-1-3-20(25)14-23(37)16-33-15-18-5-11-24-19(13-18)6-12-26-27(24)34-17-35(26)21-7-9-22(10-8-21)36-28(30,31)32/h1-13,15,17H,14,16H2. The van der Waals surface area contributed by atoms with Crippen molar-refractivity contribution in [1.82, 2.24) is 9.55 Å². The highest BCUT2D eigenvalue weighted by molar-refractivity contribution is 9.10. The summed E-state index contributed by atoms with van der Waals surface area (Å²) < 4.78 is 44.2. The molecular formula is C28H19BrF3N3OS. The highest BCUT2D eigenvalue weighted by Gasteiger charge is 2.31. The highest BCUT2D eigenvalue weighted by Crippen LogP contribution is 2.29. The molecule has 0 fully saturated rings. The number of thiocarbonyl (C=S) groups is 1. The molecule has 5 rings (SSSR count). The fourth-order valence-electron chi connectivity index (χ4n) is 4.09. The number of fused-ring (bicyclic) bond motifs is 3. The average Bonchev–Trinajstić information content (AvgIpc) is 3.29. The average molecular weight is 582 g/mol. The van der Waals surface area contributed by atoms with Crippen LogP contribution in [0.25, 0.3) is 27.5 Å². The van der Waals surface area contributed by atoms with Crippen molar-refractivity contribution in [2.24, 2.45) is 4.99 Å². The fourth-order valence-corrected chi connectivity index (χ4v) is 4.74. The molecule has 4 aromatic carbocycles. The van der Waals surface area contributed by atoms with Crippen LogP contribution in [0.3, 0.4) is 0 Å². The molecule has 0 bridgehead atoms. The van der Waals surface area contributed by atoms with Gasteiger partial charge in [0, 0.05) is 33.0 Å². The van der Waals surface area contributed by atoms with Gasteiger partial charge in [0.25, 0.3) is 0 Å². The first-order chi connectivity index (χ1) is 17.8. The van der Waals surface area contributed by atoms with Crippen molar-refractivity contribution in [3.05, 3.63) is 101 Å². The Balaban J connectivity index is 1.32. The topological polar surface area (TPSA) is 39.4 Å². The molecule has 0 saturated heterocycles. The monoisotopic (exact) mass is 581 g/mol. The van der Waals surface area contributed by atoms with Crippen molar-refractivity contribution < 1.29 is 17.9 Å². The van der Waals surface area contributed by atoms with Gasteiger partial charge in [0.15, 0.2) is 0 Å². The maximum atomic E-state index is 12.4. The van der Waals surface area contributed by atoms with E-state index in [1.54, 1.807) is 18.5 Å². The van der Waals surface area contributed by atoms with E-state index < -0.39 is 6.36 Å². The summed E-state index contributed by atoms with van der Waals surface area (Å²) in [6.07, 6.45) is -0.564. The molecule has 0 saturated carbocycles. The molecule has 0 aliphatic carbocycles. The van der Waals surface area contributed by atoms with E-state index in [0.29, 0.717) is 18.7 Å². The predicted octanol–water partition coefficient (Wildman–Crippen LogP) is 7.87. The quantitative estimate of drug-likeness (QED) is 0.145. The molecule has 1 aromatic heterocycles. The number of benzene rings is 4. The Morgan fingerprint density at radius 2 is 1.81 bits per heavy atom.